The predicted octanol–water partition coefficient (Wildman–Crippen LogP) is 3.79. The molecule has 0 aliphatic heterocycles. The van der Waals surface area contributed by atoms with Gasteiger partial charge >= 0.3 is 12.0 Å². The standard InChI is InChI=1S/C20H28N2O3/c23-18(24)13-20(11-4-1-5-12-20)14-21-19(25)22-17-10-6-8-15-7-2-3-9-16(15)17/h2-3,7,9,17H,1,4-6,8,10-14H2,(H,23,24)(H2,21,22,25). The normalized spacial score (nSPS) is 21.8. The highest BCUT2D eigenvalue weighted by molar-refractivity contribution is 5.75. The minimum absolute atomic E-state index is 0.0479. The number of carbonyl (C=O) groups is 2. The van der Waals surface area contributed by atoms with Crippen LogP contribution in [0.4, 0.5) is 4.79 Å². The van der Waals surface area contributed by atoms with Gasteiger partial charge in [0, 0.05) is 6.54 Å². The van der Waals surface area contributed by atoms with Crippen LogP contribution in [-0.2, 0) is 11.2 Å². The van der Waals surface area contributed by atoms with Gasteiger partial charge in [0.2, 0.25) is 0 Å². The lowest BCUT2D eigenvalue weighted by atomic mass is 9.72. The minimum Gasteiger partial charge on any atom is -0.481 e. The van der Waals surface area contributed by atoms with Gasteiger partial charge in [-0.1, -0.05) is 43.5 Å². The molecule has 2 aliphatic rings. The Balaban J connectivity index is 1.58. The van der Waals surface area contributed by atoms with Crippen molar-refractivity contribution in [3.8, 4) is 0 Å². The lowest BCUT2D eigenvalue weighted by Crippen LogP contribution is -2.45. The molecule has 2 aliphatic carbocycles. The Hall–Kier alpha value is -2.04. The number of carboxylic acids is 1. The largest absolute Gasteiger partial charge is 0.481 e. The molecule has 0 radical (unpaired) electrons. The van der Waals surface area contributed by atoms with Crippen LogP contribution in [0.15, 0.2) is 24.3 Å². The van der Waals surface area contributed by atoms with Crippen molar-refractivity contribution in [1.29, 1.82) is 0 Å². The van der Waals surface area contributed by atoms with Crippen molar-refractivity contribution >= 4 is 12.0 Å². The van der Waals surface area contributed by atoms with Crippen molar-refractivity contribution in [2.45, 2.75) is 63.8 Å². The van der Waals surface area contributed by atoms with E-state index in [1.807, 2.05) is 12.1 Å². The number of aryl methyl sites for hydroxylation is 1. The highest BCUT2D eigenvalue weighted by Gasteiger charge is 2.35. The van der Waals surface area contributed by atoms with Gasteiger partial charge in [-0.2, -0.15) is 0 Å². The van der Waals surface area contributed by atoms with Crippen molar-refractivity contribution in [1.82, 2.24) is 10.6 Å². The SMILES string of the molecule is O=C(O)CC1(CNC(=O)NC2CCCc3ccccc32)CCCCC1. The lowest BCUT2D eigenvalue weighted by Gasteiger charge is -2.36. The van der Waals surface area contributed by atoms with E-state index in [9.17, 15) is 14.7 Å². The van der Waals surface area contributed by atoms with Crippen LogP contribution >= 0.6 is 0 Å². The summed E-state index contributed by atoms with van der Waals surface area (Å²) >= 11 is 0. The predicted molar refractivity (Wildman–Crippen MR) is 96.4 cm³/mol. The summed E-state index contributed by atoms with van der Waals surface area (Å²) in [5, 5.41) is 15.3. The summed E-state index contributed by atoms with van der Waals surface area (Å²) in [5.41, 5.74) is 2.24. The van der Waals surface area contributed by atoms with E-state index in [2.05, 4.69) is 22.8 Å². The van der Waals surface area contributed by atoms with Crippen LogP contribution in [0.25, 0.3) is 0 Å². The molecule has 0 aromatic heterocycles. The maximum atomic E-state index is 12.4. The maximum Gasteiger partial charge on any atom is 0.315 e. The van der Waals surface area contributed by atoms with Gasteiger partial charge in [-0.3, -0.25) is 4.79 Å². The average Bonchev–Trinajstić information content (AvgIpc) is 2.61. The zero-order valence-electron chi connectivity index (χ0n) is 14.7. The summed E-state index contributed by atoms with van der Waals surface area (Å²) in [4.78, 5) is 23.7. The molecular weight excluding hydrogens is 316 g/mol. The number of hydrogen-bond acceptors (Lipinski definition) is 2. The van der Waals surface area contributed by atoms with Crippen molar-refractivity contribution in [3.63, 3.8) is 0 Å². The van der Waals surface area contributed by atoms with Gasteiger partial charge in [0.15, 0.2) is 0 Å². The van der Waals surface area contributed by atoms with Gasteiger partial charge in [-0.15, -0.1) is 0 Å². The Bertz CT molecular complexity index is 623. The van der Waals surface area contributed by atoms with E-state index in [1.54, 1.807) is 0 Å². The van der Waals surface area contributed by atoms with Crippen molar-refractivity contribution in [3.05, 3.63) is 35.4 Å². The van der Waals surface area contributed by atoms with Crippen LogP contribution in [0, 0.1) is 5.41 Å². The number of rotatable bonds is 5. The minimum atomic E-state index is -0.773. The van der Waals surface area contributed by atoms with Gasteiger partial charge < -0.3 is 15.7 Å². The summed E-state index contributed by atoms with van der Waals surface area (Å²) in [7, 11) is 0. The summed E-state index contributed by atoms with van der Waals surface area (Å²) in [6, 6.07) is 8.14. The highest BCUT2D eigenvalue weighted by atomic mass is 16.4. The third-order valence-electron chi connectivity index (χ3n) is 5.74. The molecule has 0 spiro atoms. The fourth-order valence-electron chi connectivity index (χ4n) is 4.42. The van der Waals surface area contributed by atoms with E-state index in [-0.39, 0.29) is 23.9 Å². The second kappa shape index (κ2) is 7.89. The molecule has 25 heavy (non-hydrogen) atoms. The molecule has 5 heteroatoms. The van der Waals surface area contributed by atoms with Crippen LogP contribution < -0.4 is 10.6 Å². The fourth-order valence-corrected chi connectivity index (χ4v) is 4.42. The number of benzene rings is 1. The Labute approximate surface area is 149 Å². The van der Waals surface area contributed by atoms with Crippen molar-refractivity contribution < 1.29 is 14.7 Å². The van der Waals surface area contributed by atoms with E-state index < -0.39 is 5.97 Å². The number of nitrogens with one attached hydrogen (secondary N) is 2. The molecule has 3 rings (SSSR count). The third kappa shape index (κ3) is 4.53. The molecule has 1 fully saturated rings. The fraction of sp³-hybridized carbons (Fsp3) is 0.600. The quantitative estimate of drug-likeness (QED) is 0.760. The Morgan fingerprint density at radius 3 is 2.64 bits per heavy atom. The highest BCUT2D eigenvalue weighted by Crippen LogP contribution is 2.38. The first-order chi connectivity index (χ1) is 12.1. The number of aliphatic carboxylic acids is 1. The number of urea groups is 1. The van der Waals surface area contributed by atoms with Crippen molar-refractivity contribution in [2.75, 3.05) is 6.54 Å². The molecule has 3 N–H and O–H groups in total. The van der Waals surface area contributed by atoms with Gasteiger partial charge in [0.25, 0.3) is 0 Å². The molecule has 0 bridgehead atoms. The van der Waals surface area contributed by atoms with Crippen LogP contribution in [0.5, 0.6) is 0 Å². The molecule has 1 atom stereocenters. The molecule has 2 amide bonds. The summed E-state index contributed by atoms with van der Waals surface area (Å²) in [5.74, 6) is -0.773. The van der Waals surface area contributed by atoms with Gasteiger partial charge in [0.1, 0.15) is 0 Å². The smallest absolute Gasteiger partial charge is 0.315 e. The first-order valence-corrected chi connectivity index (χ1v) is 9.42. The Kier molecular flexibility index (Phi) is 5.61. The molecule has 1 saturated carbocycles. The van der Waals surface area contributed by atoms with E-state index in [4.69, 9.17) is 0 Å². The summed E-state index contributed by atoms with van der Waals surface area (Å²) in [6.07, 6.45) is 8.25. The van der Waals surface area contributed by atoms with Crippen LogP contribution in [-0.4, -0.2) is 23.7 Å². The topological polar surface area (TPSA) is 78.4 Å². The van der Waals surface area contributed by atoms with E-state index in [1.165, 1.54) is 11.1 Å². The van der Waals surface area contributed by atoms with Gasteiger partial charge in [0.05, 0.1) is 12.5 Å². The van der Waals surface area contributed by atoms with Crippen molar-refractivity contribution in [2.24, 2.45) is 5.41 Å². The Morgan fingerprint density at radius 2 is 1.88 bits per heavy atom. The molecule has 5 nitrogen and oxygen atoms in total. The summed E-state index contributed by atoms with van der Waals surface area (Å²) in [6.45, 7) is 0.444. The number of hydrogen-bond donors (Lipinski definition) is 3. The van der Waals surface area contributed by atoms with Crippen LogP contribution in [0.2, 0.25) is 0 Å². The second-order valence-electron chi connectivity index (χ2n) is 7.60. The van der Waals surface area contributed by atoms with E-state index >= 15 is 0 Å². The monoisotopic (exact) mass is 344 g/mol. The number of amides is 2. The third-order valence-corrected chi connectivity index (χ3v) is 5.74. The first kappa shape index (κ1) is 17.8. The second-order valence-corrected chi connectivity index (χ2v) is 7.60. The molecular formula is C20H28N2O3. The van der Waals surface area contributed by atoms with Gasteiger partial charge in [-0.25, -0.2) is 4.79 Å². The van der Waals surface area contributed by atoms with Crippen LogP contribution in [0.1, 0.15) is 68.5 Å². The van der Waals surface area contributed by atoms with Crippen LogP contribution in [0.3, 0.4) is 0 Å². The van der Waals surface area contributed by atoms with Gasteiger partial charge in [-0.05, 0) is 48.6 Å². The maximum absolute atomic E-state index is 12.4. The molecule has 1 unspecified atom stereocenters. The average molecular weight is 344 g/mol. The molecule has 136 valence electrons. The number of fused-ring (bicyclic) bond motifs is 1. The lowest BCUT2D eigenvalue weighted by molar-refractivity contribution is -0.140. The first-order valence-electron chi connectivity index (χ1n) is 9.42. The Morgan fingerprint density at radius 1 is 1.12 bits per heavy atom. The number of carbonyl (C=O) groups excluding carboxylic acids is 1. The summed E-state index contributed by atoms with van der Waals surface area (Å²) < 4.78 is 0. The zero-order valence-corrected chi connectivity index (χ0v) is 14.7. The number of carboxylic acid groups (broad SMARTS) is 1. The zero-order chi connectivity index (χ0) is 17.7. The molecule has 1 aromatic rings. The molecule has 0 saturated heterocycles. The molecule has 1 aromatic carbocycles. The van der Waals surface area contributed by atoms with E-state index in [0.717, 1.165) is 51.4 Å². The molecule has 0 heterocycles. The van der Waals surface area contributed by atoms with E-state index in [0.29, 0.717) is 6.54 Å².